The molecule has 3 aliphatic rings. The predicted octanol–water partition coefficient (Wildman–Crippen LogP) is 3.76. The maximum absolute atomic E-state index is 1.62. The molecule has 68 valence electrons. The molecule has 0 heterocycles. The highest BCUT2D eigenvalue weighted by atomic mass is 14.5. The molecule has 0 N–H and O–H groups in total. The van der Waals surface area contributed by atoms with Crippen molar-refractivity contribution in [3.05, 3.63) is 0 Å². The minimum absolute atomic E-state index is 0.890. The summed E-state index contributed by atoms with van der Waals surface area (Å²) in [4.78, 5) is 0. The molecule has 0 aromatic carbocycles. The topological polar surface area (TPSA) is 0 Å². The van der Waals surface area contributed by atoms with Crippen molar-refractivity contribution in [2.45, 2.75) is 57.8 Å². The Kier molecular flexibility index (Phi) is 1.54. The lowest BCUT2D eigenvalue weighted by Gasteiger charge is -2.30. The van der Waals surface area contributed by atoms with E-state index in [9.17, 15) is 0 Å². The predicted molar refractivity (Wildman–Crippen MR) is 51.0 cm³/mol. The Morgan fingerprint density at radius 3 is 2.50 bits per heavy atom. The Morgan fingerprint density at radius 1 is 0.917 bits per heavy atom. The van der Waals surface area contributed by atoms with Gasteiger partial charge in [-0.1, -0.05) is 25.7 Å². The van der Waals surface area contributed by atoms with E-state index in [2.05, 4.69) is 0 Å². The standard InChI is InChI=1S/C12H20/c1-2-7-12(6-1)9-10-4-3-5-11(12)8-10/h10-11H,1-9H2. The molecule has 0 aliphatic heterocycles. The van der Waals surface area contributed by atoms with Gasteiger partial charge in [-0.3, -0.25) is 0 Å². The fourth-order valence-electron chi connectivity index (χ4n) is 4.47. The molecule has 0 saturated heterocycles. The van der Waals surface area contributed by atoms with Crippen LogP contribution in [0.5, 0.6) is 0 Å². The van der Waals surface area contributed by atoms with E-state index in [0.29, 0.717) is 0 Å². The van der Waals surface area contributed by atoms with E-state index in [1.165, 1.54) is 5.92 Å². The van der Waals surface area contributed by atoms with E-state index in [1.807, 2.05) is 0 Å². The Bertz CT molecular complexity index is 176. The van der Waals surface area contributed by atoms with Crippen LogP contribution in [-0.2, 0) is 0 Å². The lowest BCUT2D eigenvalue weighted by atomic mass is 9.75. The van der Waals surface area contributed by atoms with Gasteiger partial charge >= 0.3 is 0 Å². The molecule has 0 aromatic rings. The van der Waals surface area contributed by atoms with Crippen molar-refractivity contribution in [1.29, 1.82) is 0 Å². The van der Waals surface area contributed by atoms with Crippen molar-refractivity contribution in [2.24, 2.45) is 17.3 Å². The van der Waals surface area contributed by atoms with Gasteiger partial charge in [0.05, 0.1) is 0 Å². The first-order chi connectivity index (χ1) is 5.89. The van der Waals surface area contributed by atoms with Crippen LogP contribution in [0.2, 0.25) is 0 Å². The first-order valence-corrected chi connectivity index (χ1v) is 5.89. The van der Waals surface area contributed by atoms with E-state index in [1.54, 1.807) is 57.8 Å². The van der Waals surface area contributed by atoms with Crippen LogP contribution in [0.3, 0.4) is 0 Å². The van der Waals surface area contributed by atoms with Gasteiger partial charge < -0.3 is 0 Å². The first-order valence-electron chi connectivity index (χ1n) is 5.89. The molecule has 0 nitrogen and oxygen atoms in total. The maximum Gasteiger partial charge on any atom is -0.0266 e. The zero-order chi connectivity index (χ0) is 8.02. The highest BCUT2D eigenvalue weighted by molar-refractivity contribution is 5.00. The molecule has 3 rings (SSSR count). The third-order valence-electron chi connectivity index (χ3n) is 4.94. The van der Waals surface area contributed by atoms with Crippen LogP contribution in [0.15, 0.2) is 0 Å². The highest BCUT2D eigenvalue weighted by Crippen LogP contribution is 2.60. The molecule has 3 saturated carbocycles. The average molecular weight is 164 g/mol. The molecule has 0 aromatic heterocycles. The van der Waals surface area contributed by atoms with Gasteiger partial charge in [0.2, 0.25) is 0 Å². The van der Waals surface area contributed by atoms with Crippen LogP contribution in [-0.4, -0.2) is 0 Å². The zero-order valence-corrected chi connectivity index (χ0v) is 8.02. The highest BCUT2D eigenvalue weighted by Gasteiger charge is 2.49. The Morgan fingerprint density at radius 2 is 1.75 bits per heavy atom. The van der Waals surface area contributed by atoms with Gasteiger partial charge in [0, 0.05) is 0 Å². The first kappa shape index (κ1) is 7.41. The summed E-state index contributed by atoms with van der Waals surface area (Å²) < 4.78 is 0. The summed E-state index contributed by atoms with van der Waals surface area (Å²) in [5.41, 5.74) is 0.890. The number of fused-ring (bicyclic) bond motifs is 3. The Balaban J connectivity index is 1.86. The van der Waals surface area contributed by atoms with Crippen molar-refractivity contribution in [2.75, 3.05) is 0 Å². The van der Waals surface area contributed by atoms with Crippen LogP contribution in [0, 0.1) is 17.3 Å². The largest absolute Gasteiger partial charge is 0.0528 e. The van der Waals surface area contributed by atoms with Gasteiger partial charge in [-0.05, 0) is 49.4 Å². The van der Waals surface area contributed by atoms with E-state index in [0.717, 1.165) is 11.3 Å². The van der Waals surface area contributed by atoms with Gasteiger partial charge in [0.25, 0.3) is 0 Å². The molecular weight excluding hydrogens is 144 g/mol. The average Bonchev–Trinajstić information content (AvgIpc) is 2.62. The molecule has 3 fully saturated rings. The zero-order valence-electron chi connectivity index (χ0n) is 8.02. The Labute approximate surface area is 75.7 Å². The van der Waals surface area contributed by atoms with Crippen molar-refractivity contribution >= 4 is 0 Å². The number of hydrogen-bond acceptors (Lipinski definition) is 0. The Hall–Kier alpha value is 0. The van der Waals surface area contributed by atoms with E-state index in [-0.39, 0.29) is 0 Å². The molecule has 0 heteroatoms. The van der Waals surface area contributed by atoms with E-state index in [4.69, 9.17) is 0 Å². The van der Waals surface area contributed by atoms with E-state index >= 15 is 0 Å². The van der Waals surface area contributed by atoms with Crippen molar-refractivity contribution in [3.8, 4) is 0 Å². The van der Waals surface area contributed by atoms with Gasteiger partial charge in [-0.15, -0.1) is 0 Å². The van der Waals surface area contributed by atoms with Crippen LogP contribution in [0.1, 0.15) is 57.8 Å². The summed E-state index contributed by atoms with van der Waals surface area (Å²) in [5.74, 6) is 2.32. The van der Waals surface area contributed by atoms with Gasteiger partial charge in [0.1, 0.15) is 0 Å². The summed E-state index contributed by atoms with van der Waals surface area (Å²) in [6, 6.07) is 0. The summed E-state index contributed by atoms with van der Waals surface area (Å²) in [6.07, 6.45) is 14.2. The fourth-order valence-corrected chi connectivity index (χ4v) is 4.47. The minimum atomic E-state index is 0.890. The third kappa shape index (κ3) is 0.900. The van der Waals surface area contributed by atoms with Gasteiger partial charge in [-0.2, -0.15) is 0 Å². The molecule has 2 unspecified atom stereocenters. The molecular formula is C12H20. The SMILES string of the molecule is C1CC2CC(C1)C1(CCCC1)C2. The second-order valence-corrected chi connectivity index (χ2v) is 5.50. The molecule has 0 amide bonds. The van der Waals surface area contributed by atoms with Crippen LogP contribution < -0.4 is 0 Å². The van der Waals surface area contributed by atoms with Gasteiger partial charge in [0.15, 0.2) is 0 Å². The molecule has 2 atom stereocenters. The molecule has 1 spiro atoms. The second kappa shape index (κ2) is 2.49. The molecule has 0 radical (unpaired) electrons. The lowest BCUT2D eigenvalue weighted by Crippen LogP contribution is -2.21. The summed E-state index contributed by atoms with van der Waals surface area (Å²) >= 11 is 0. The second-order valence-electron chi connectivity index (χ2n) is 5.50. The fraction of sp³-hybridized carbons (Fsp3) is 1.00. The monoisotopic (exact) mass is 164 g/mol. The number of rotatable bonds is 0. The summed E-state index contributed by atoms with van der Waals surface area (Å²) in [6.45, 7) is 0. The van der Waals surface area contributed by atoms with Gasteiger partial charge in [-0.25, -0.2) is 0 Å². The van der Waals surface area contributed by atoms with Crippen molar-refractivity contribution in [1.82, 2.24) is 0 Å². The number of hydrogen-bond donors (Lipinski definition) is 0. The normalized spacial score (nSPS) is 44.0. The third-order valence-corrected chi connectivity index (χ3v) is 4.94. The quantitative estimate of drug-likeness (QED) is 0.511. The summed E-state index contributed by atoms with van der Waals surface area (Å²) in [5, 5.41) is 0. The maximum atomic E-state index is 1.62. The van der Waals surface area contributed by atoms with Crippen molar-refractivity contribution in [3.63, 3.8) is 0 Å². The molecule has 12 heavy (non-hydrogen) atoms. The summed E-state index contributed by atoms with van der Waals surface area (Å²) in [7, 11) is 0. The van der Waals surface area contributed by atoms with Crippen molar-refractivity contribution < 1.29 is 0 Å². The van der Waals surface area contributed by atoms with E-state index < -0.39 is 0 Å². The lowest BCUT2D eigenvalue weighted by molar-refractivity contribution is 0.197. The van der Waals surface area contributed by atoms with Crippen LogP contribution in [0.4, 0.5) is 0 Å². The van der Waals surface area contributed by atoms with Crippen LogP contribution >= 0.6 is 0 Å². The molecule has 2 bridgehead atoms. The smallest absolute Gasteiger partial charge is 0.0266 e. The van der Waals surface area contributed by atoms with Crippen LogP contribution in [0.25, 0.3) is 0 Å². The molecule has 3 aliphatic carbocycles. The minimum Gasteiger partial charge on any atom is -0.0528 e.